The smallest absolute Gasteiger partial charge is 0.260 e. The molecule has 1 heterocycles. The Kier molecular flexibility index (Phi) is 5.77. The normalized spacial score (nSPS) is 13.6. The second kappa shape index (κ2) is 6.88. The number of nitrogens with one attached hydrogen (secondary N) is 1. The summed E-state index contributed by atoms with van der Waals surface area (Å²) < 4.78 is 28.2. The van der Waals surface area contributed by atoms with E-state index in [0.29, 0.717) is 13.0 Å². The predicted octanol–water partition coefficient (Wildman–Crippen LogP) is 0.0793. The maximum absolute atomic E-state index is 12.1. The number of aromatic nitrogens is 2. The summed E-state index contributed by atoms with van der Waals surface area (Å²) in [7, 11) is -2.09. The summed E-state index contributed by atoms with van der Waals surface area (Å²) in [5.41, 5.74) is 5.56. The first-order valence-electron chi connectivity index (χ1n) is 6.29. The summed E-state index contributed by atoms with van der Waals surface area (Å²) in [4.78, 5) is 3.76. The van der Waals surface area contributed by atoms with Crippen molar-refractivity contribution < 1.29 is 13.5 Å². The molecule has 1 rings (SSSR count). The van der Waals surface area contributed by atoms with Gasteiger partial charge in [0.25, 0.3) is 10.0 Å². The molecule has 1 aromatic heterocycles. The van der Waals surface area contributed by atoms with Crippen molar-refractivity contribution in [1.82, 2.24) is 14.3 Å². The Morgan fingerprint density at radius 1 is 1.53 bits per heavy atom. The molecule has 4 N–H and O–H groups in total. The van der Waals surface area contributed by atoms with Crippen LogP contribution in [-0.2, 0) is 17.1 Å². The van der Waals surface area contributed by atoms with Gasteiger partial charge in [0.05, 0.1) is 6.33 Å². The van der Waals surface area contributed by atoms with Crippen molar-refractivity contribution in [2.45, 2.75) is 31.2 Å². The molecule has 0 fully saturated rings. The van der Waals surface area contributed by atoms with Crippen molar-refractivity contribution in [2.24, 2.45) is 13.0 Å². The largest absolute Gasteiger partial charge is 0.396 e. The Morgan fingerprint density at radius 2 is 2.21 bits per heavy atom. The van der Waals surface area contributed by atoms with E-state index in [-0.39, 0.29) is 23.4 Å². The standard InChI is InChI=1S/C11H22N4O3S/c1-3-4-9(5-6-16)7-14-19(17,18)11-10(12)13-8-15(11)2/h8-9,14,16H,3-7,12H2,1-2H3. The molecule has 0 amide bonds. The average Bonchev–Trinajstić information content (AvgIpc) is 2.67. The van der Waals surface area contributed by atoms with Gasteiger partial charge in [0.1, 0.15) is 0 Å². The second-order valence-corrected chi connectivity index (χ2v) is 6.25. The molecule has 0 bridgehead atoms. The van der Waals surface area contributed by atoms with E-state index in [4.69, 9.17) is 10.8 Å². The molecule has 1 aromatic rings. The summed E-state index contributed by atoms with van der Waals surface area (Å²) in [6.45, 7) is 2.37. The average molecular weight is 290 g/mol. The van der Waals surface area contributed by atoms with Gasteiger partial charge in [-0.1, -0.05) is 13.3 Å². The summed E-state index contributed by atoms with van der Waals surface area (Å²) in [6.07, 6.45) is 3.75. The van der Waals surface area contributed by atoms with Gasteiger partial charge in [-0.15, -0.1) is 0 Å². The molecule has 0 spiro atoms. The van der Waals surface area contributed by atoms with Gasteiger partial charge in [0, 0.05) is 20.2 Å². The predicted molar refractivity (Wildman–Crippen MR) is 72.9 cm³/mol. The van der Waals surface area contributed by atoms with Crippen molar-refractivity contribution >= 4 is 15.8 Å². The summed E-state index contributed by atoms with van der Waals surface area (Å²) >= 11 is 0. The number of nitrogens with zero attached hydrogens (tertiary/aromatic N) is 2. The highest BCUT2D eigenvalue weighted by Crippen LogP contribution is 2.16. The van der Waals surface area contributed by atoms with Gasteiger partial charge in [0.15, 0.2) is 10.8 Å². The van der Waals surface area contributed by atoms with Crippen LogP contribution >= 0.6 is 0 Å². The van der Waals surface area contributed by atoms with E-state index in [2.05, 4.69) is 9.71 Å². The summed E-state index contributed by atoms with van der Waals surface area (Å²) in [5.74, 6) is 0.114. The van der Waals surface area contributed by atoms with E-state index in [1.807, 2.05) is 6.92 Å². The molecule has 0 saturated carbocycles. The van der Waals surface area contributed by atoms with Gasteiger partial charge >= 0.3 is 0 Å². The van der Waals surface area contributed by atoms with E-state index >= 15 is 0 Å². The van der Waals surface area contributed by atoms with Crippen LogP contribution < -0.4 is 10.5 Å². The third-order valence-electron chi connectivity index (χ3n) is 2.96. The molecular weight excluding hydrogens is 268 g/mol. The SMILES string of the molecule is CCCC(CCO)CNS(=O)(=O)c1c(N)ncn1C. The molecule has 1 atom stereocenters. The van der Waals surface area contributed by atoms with Crippen molar-refractivity contribution in [3.8, 4) is 0 Å². The van der Waals surface area contributed by atoms with Crippen LogP contribution in [0.25, 0.3) is 0 Å². The van der Waals surface area contributed by atoms with Crippen molar-refractivity contribution in [1.29, 1.82) is 0 Å². The van der Waals surface area contributed by atoms with Gasteiger partial charge in [-0.25, -0.2) is 18.1 Å². The number of imidazole rings is 1. The van der Waals surface area contributed by atoms with Crippen LogP contribution in [0.5, 0.6) is 0 Å². The molecule has 1 unspecified atom stereocenters. The minimum atomic E-state index is -3.67. The lowest BCUT2D eigenvalue weighted by Crippen LogP contribution is -2.31. The fourth-order valence-electron chi connectivity index (χ4n) is 2.00. The number of anilines is 1. The first-order chi connectivity index (χ1) is 8.92. The van der Waals surface area contributed by atoms with Crippen molar-refractivity contribution in [3.05, 3.63) is 6.33 Å². The summed E-state index contributed by atoms with van der Waals surface area (Å²) in [6, 6.07) is 0. The molecule has 8 heteroatoms. The number of nitrogen functional groups attached to an aromatic ring is 1. The molecule has 19 heavy (non-hydrogen) atoms. The zero-order valence-corrected chi connectivity index (χ0v) is 12.2. The Balaban J connectivity index is 2.75. The van der Waals surface area contributed by atoms with Crippen molar-refractivity contribution in [2.75, 3.05) is 18.9 Å². The zero-order valence-electron chi connectivity index (χ0n) is 11.3. The first-order valence-corrected chi connectivity index (χ1v) is 7.78. The quantitative estimate of drug-likeness (QED) is 0.628. The fourth-order valence-corrected chi connectivity index (χ4v) is 3.35. The number of aryl methyl sites for hydroxylation is 1. The summed E-state index contributed by atoms with van der Waals surface area (Å²) in [5, 5.41) is 8.93. The van der Waals surface area contributed by atoms with E-state index < -0.39 is 10.0 Å². The van der Waals surface area contributed by atoms with Gasteiger partial charge in [-0.3, -0.25) is 0 Å². The topological polar surface area (TPSA) is 110 Å². The number of nitrogens with two attached hydrogens (primary N) is 1. The van der Waals surface area contributed by atoms with Crippen LogP contribution in [0.3, 0.4) is 0 Å². The van der Waals surface area contributed by atoms with Crippen LogP contribution in [0.4, 0.5) is 5.82 Å². The molecule has 110 valence electrons. The van der Waals surface area contributed by atoms with Crippen LogP contribution in [-0.4, -0.2) is 36.2 Å². The van der Waals surface area contributed by atoms with Crippen LogP contribution in [0.1, 0.15) is 26.2 Å². The number of aliphatic hydroxyl groups excluding tert-OH is 1. The van der Waals surface area contributed by atoms with Gasteiger partial charge in [-0.2, -0.15) is 0 Å². The molecule has 7 nitrogen and oxygen atoms in total. The number of aliphatic hydroxyl groups is 1. The third-order valence-corrected chi connectivity index (χ3v) is 4.51. The molecule has 0 aromatic carbocycles. The van der Waals surface area contributed by atoms with Gasteiger partial charge in [-0.05, 0) is 18.8 Å². The minimum absolute atomic E-state index is 0.0100. The van der Waals surface area contributed by atoms with E-state index in [0.717, 1.165) is 12.8 Å². The second-order valence-electron chi connectivity index (χ2n) is 4.56. The lowest BCUT2D eigenvalue weighted by molar-refractivity contribution is 0.251. The Hall–Kier alpha value is -1.12. The molecular formula is C11H22N4O3S. The van der Waals surface area contributed by atoms with Crippen molar-refractivity contribution in [3.63, 3.8) is 0 Å². The maximum Gasteiger partial charge on any atom is 0.260 e. The fraction of sp³-hybridized carbons (Fsp3) is 0.727. The monoisotopic (exact) mass is 290 g/mol. The van der Waals surface area contributed by atoms with Gasteiger partial charge in [0.2, 0.25) is 0 Å². The number of hydrogen-bond donors (Lipinski definition) is 3. The minimum Gasteiger partial charge on any atom is -0.396 e. The van der Waals surface area contributed by atoms with E-state index in [1.165, 1.54) is 10.9 Å². The number of hydrogen-bond acceptors (Lipinski definition) is 5. The Labute approximate surface area is 113 Å². The highest BCUT2D eigenvalue weighted by molar-refractivity contribution is 7.89. The molecule has 0 aliphatic carbocycles. The lowest BCUT2D eigenvalue weighted by atomic mass is 10.0. The highest BCUT2D eigenvalue weighted by Gasteiger charge is 2.23. The maximum atomic E-state index is 12.1. The molecule has 0 radical (unpaired) electrons. The number of sulfonamides is 1. The van der Waals surface area contributed by atoms with E-state index in [1.54, 1.807) is 7.05 Å². The first kappa shape index (κ1) is 15.9. The molecule has 0 aliphatic rings. The molecule has 0 saturated heterocycles. The molecule has 0 aliphatic heterocycles. The van der Waals surface area contributed by atoms with Gasteiger partial charge < -0.3 is 15.4 Å². The highest BCUT2D eigenvalue weighted by atomic mass is 32.2. The lowest BCUT2D eigenvalue weighted by Gasteiger charge is -2.16. The number of rotatable bonds is 8. The Bertz CT molecular complexity index is 473. The van der Waals surface area contributed by atoms with Crippen LogP contribution in [0, 0.1) is 5.92 Å². The Morgan fingerprint density at radius 3 is 2.68 bits per heavy atom. The van der Waals surface area contributed by atoms with Crippen LogP contribution in [0.15, 0.2) is 11.4 Å². The van der Waals surface area contributed by atoms with E-state index in [9.17, 15) is 8.42 Å². The van der Waals surface area contributed by atoms with Crippen LogP contribution in [0.2, 0.25) is 0 Å². The zero-order chi connectivity index (χ0) is 14.5. The third kappa shape index (κ3) is 4.19.